The summed E-state index contributed by atoms with van der Waals surface area (Å²) >= 11 is 0. The predicted molar refractivity (Wildman–Crippen MR) is 99.3 cm³/mol. The number of benzene rings is 1. The molecule has 0 spiro atoms. The van der Waals surface area contributed by atoms with Crippen molar-refractivity contribution in [3.63, 3.8) is 0 Å². The van der Waals surface area contributed by atoms with Gasteiger partial charge < -0.3 is 25.8 Å². The molecule has 2 rings (SSSR count). The molecule has 136 valence electrons. The van der Waals surface area contributed by atoms with Crippen LogP contribution in [0.1, 0.15) is 33.1 Å². The number of para-hydroxylation sites is 1. The molecule has 1 aliphatic rings. The van der Waals surface area contributed by atoms with Crippen LogP contribution in [0.3, 0.4) is 0 Å². The van der Waals surface area contributed by atoms with E-state index in [-0.39, 0.29) is 18.4 Å². The summed E-state index contributed by atoms with van der Waals surface area (Å²) < 4.78 is 0. The van der Waals surface area contributed by atoms with Crippen LogP contribution in [0, 0.1) is 5.92 Å². The van der Waals surface area contributed by atoms with Crippen LogP contribution >= 0.6 is 12.4 Å². The fraction of sp³-hybridized carbons (Fsp3) is 0.562. The average molecular weight is 359 g/mol. The zero-order valence-electron chi connectivity index (χ0n) is 14.2. The number of aliphatic carboxylic acids is 1. The molecule has 0 radical (unpaired) electrons. The lowest BCUT2D eigenvalue weighted by Crippen LogP contribution is -2.39. The predicted octanol–water partition coefficient (Wildman–Crippen LogP) is 1.53. The van der Waals surface area contributed by atoms with Gasteiger partial charge in [-0.2, -0.15) is 0 Å². The maximum absolute atomic E-state index is 10.9. The molecule has 0 amide bonds. The molecular weight excluding hydrogens is 330 g/mol. The van der Waals surface area contributed by atoms with E-state index in [4.69, 9.17) is 20.9 Å². The first-order chi connectivity index (χ1) is 10.8. The van der Waals surface area contributed by atoms with Crippen LogP contribution in [0.25, 0.3) is 0 Å². The highest BCUT2D eigenvalue weighted by atomic mass is 35.5. The summed E-state index contributed by atoms with van der Waals surface area (Å²) in [4.78, 5) is 12.9. The fourth-order valence-electron chi connectivity index (χ4n) is 2.62. The van der Waals surface area contributed by atoms with Gasteiger partial charge in [0.1, 0.15) is 6.04 Å². The second-order valence-corrected chi connectivity index (χ2v) is 6.23. The standard InChI is InChI=1S/C11H13NO2.C5H14BNO2.ClH/c13-11(14)10-7-4-8-12(10)9-5-2-1-3-6-9;1-4(2)3-5(7)6(8)9;/h1-3,5-6,10H,4,7-8H2,(H,13,14);4-5,8-9H,3,7H2,1-2H3;1H/t;5-;/m.0./s1. The molecule has 1 unspecified atom stereocenters. The Morgan fingerprint density at radius 3 is 2.33 bits per heavy atom. The van der Waals surface area contributed by atoms with Gasteiger partial charge >= 0.3 is 13.1 Å². The van der Waals surface area contributed by atoms with Crippen LogP contribution in [0.4, 0.5) is 5.69 Å². The van der Waals surface area contributed by atoms with Crippen molar-refractivity contribution < 1.29 is 19.9 Å². The molecule has 0 aliphatic carbocycles. The quantitative estimate of drug-likeness (QED) is 0.595. The van der Waals surface area contributed by atoms with E-state index in [1.54, 1.807) is 0 Å². The van der Waals surface area contributed by atoms with Gasteiger partial charge in [-0.3, -0.25) is 0 Å². The molecule has 1 aliphatic heterocycles. The number of halogens is 1. The lowest BCUT2D eigenvalue weighted by atomic mass is 9.76. The molecule has 1 saturated heterocycles. The van der Waals surface area contributed by atoms with Crippen molar-refractivity contribution >= 4 is 31.2 Å². The molecule has 0 aromatic heterocycles. The largest absolute Gasteiger partial charge is 0.480 e. The molecule has 1 heterocycles. The van der Waals surface area contributed by atoms with E-state index < -0.39 is 19.0 Å². The summed E-state index contributed by atoms with van der Waals surface area (Å²) in [5.74, 6) is -0.793. The van der Waals surface area contributed by atoms with Crippen LogP contribution in [-0.4, -0.2) is 46.8 Å². The maximum Gasteiger partial charge on any atom is 0.469 e. The van der Waals surface area contributed by atoms with Crippen LogP contribution in [0.2, 0.25) is 0 Å². The minimum absolute atomic E-state index is 0. The first-order valence-electron chi connectivity index (χ1n) is 7.99. The van der Waals surface area contributed by atoms with Gasteiger partial charge in [0, 0.05) is 18.2 Å². The van der Waals surface area contributed by atoms with Crippen LogP contribution < -0.4 is 10.6 Å². The lowest BCUT2D eigenvalue weighted by Gasteiger charge is -2.23. The Kier molecular flexibility index (Phi) is 10.7. The molecule has 2 atom stereocenters. The zero-order valence-corrected chi connectivity index (χ0v) is 15.0. The molecule has 8 heteroatoms. The van der Waals surface area contributed by atoms with Crippen molar-refractivity contribution in [1.82, 2.24) is 0 Å². The second kappa shape index (κ2) is 11.3. The molecule has 5 N–H and O–H groups in total. The second-order valence-electron chi connectivity index (χ2n) is 6.23. The van der Waals surface area contributed by atoms with Crippen LogP contribution in [0.5, 0.6) is 0 Å². The van der Waals surface area contributed by atoms with Crippen molar-refractivity contribution in [2.75, 3.05) is 11.4 Å². The van der Waals surface area contributed by atoms with Gasteiger partial charge in [0.05, 0.1) is 0 Å². The van der Waals surface area contributed by atoms with Gasteiger partial charge in [-0.25, -0.2) is 4.79 Å². The molecule has 0 saturated carbocycles. The molecule has 1 fully saturated rings. The third-order valence-electron chi connectivity index (χ3n) is 3.75. The van der Waals surface area contributed by atoms with Gasteiger partial charge in [-0.1, -0.05) is 32.0 Å². The summed E-state index contributed by atoms with van der Waals surface area (Å²) in [7, 11) is -1.37. The molecule has 6 nitrogen and oxygen atoms in total. The highest BCUT2D eigenvalue weighted by Gasteiger charge is 2.30. The molecule has 1 aromatic rings. The van der Waals surface area contributed by atoms with Crippen molar-refractivity contribution in [2.45, 2.75) is 45.1 Å². The van der Waals surface area contributed by atoms with Gasteiger partial charge in [0.25, 0.3) is 0 Å². The molecule has 24 heavy (non-hydrogen) atoms. The van der Waals surface area contributed by atoms with Gasteiger partial charge in [-0.15, -0.1) is 12.4 Å². The third-order valence-corrected chi connectivity index (χ3v) is 3.75. The smallest absolute Gasteiger partial charge is 0.469 e. The number of hydrogen-bond acceptors (Lipinski definition) is 5. The average Bonchev–Trinajstić information content (AvgIpc) is 2.97. The van der Waals surface area contributed by atoms with Gasteiger partial charge in [0.15, 0.2) is 0 Å². The summed E-state index contributed by atoms with van der Waals surface area (Å²) in [6.45, 7) is 4.82. The maximum atomic E-state index is 10.9. The monoisotopic (exact) mass is 358 g/mol. The van der Waals surface area contributed by atoms with E-state index in [0.717, 1.165) is 25.1 Å². The van der Waals surface area contributed by atoms with Crippen LogP contribution in [-0.2, 0) is 4.79 Å². The Morgan fingerprint density at radius 2 is 1.92 bits per heavy atom. The number of carboxylic acid groups (broad SMARTS) is 1. The van der Waals surface area contributed by atoms with E-state index in [0.29, 0.717) is 12.3 Å². The molecular formula is C16H28BClN2O4. The Balaban J connectivity index is 0.000000468. The van der Waals surface area contributed by atoms with Crippen molar-refractivity contribution in [2.24, 2.45) is 11.7 Å². The fourth-order valence-corrected chi connectivity index (χ4v) is 2.62. The minimum Gasteiger partial charge on any atom is -0.480 e. The van der Waals surface area contributed by atoms with Gasteiger partial charge in [0.2, 0.25) is 0 Å². The van der Waals surface area contributed by atoms with E-state index in [9.17, 15) is 4.79 Å². The van der Waals surface area contributed by atoms with E-state index in [1.165, 1.54) is 0 Å². The minimum atomic E-state index is -1.37. The highest BCUT2D eigenvalue weighted by molar-refractivity contribution is 6.43. The topological polar surface area (TPSA) is 107 Å². The van der Waals surface area contributed by atoms with Crippen molar-refractivity contribution in [3.8, 4) is 0 Å². The van der Waals surface area contributed by atoms with E-state index in [1.807, 2.05) is 49.1 Å². The summed E-state index contributed by atoms with van der Waals surface area (Å²) in [5.41, 5.74) is 6.33. The van der Waals surface area contributed by atoms with Crippen molar-refractivity contribution in [1.29, 1.82) is 0 Å². The Bertz CT molecular complexity index is 476. The third kappa shape index (κ3) is 7.53. The first-order valence-corrected chi connectivity index (χ1v) is 7.99. The summed E-state index contributed by atoms with van der Waals surface area (Å²) in [6.07, 6.45) is 2.37. The normalized spacial score (nSPS) is 17.6. The van der Waals surface area contributed by atoms with Gasteiger partial charge in [-0.05, 0) is 37.3 Å². The number of nitrogens with zero attached hydrogens (tertiary/aromatic N) is 1. The Morgan fingerprint density at radius 1 is 1.33 bits per heavy atom. The Labute approximate surface area is 150 Å². The summed E-state index contributed by atoms with van der Waals surface area (Å²) in [6, 6.07) is 9.40. The summed E-state index contributed by atoms with van der Waals surface area (Å²) in [5, 5.41) is 26.0. The molecule has 0 bridgehead atoms. The Hall–Kier alpha value is -1.28. The highest BCUT2D eigenvalue weighted by Crippen LogP contribution is 2.24. The zero-order chi connectivity index (χ0) is 17.4. The number of rotatable bonds is 5. The number of anilines is 1. The van der Waals surface area contributed by atoms with Crippen molar-refractivity contribution in [3.05, 3.63) is 30.3 Å². The first kappa shape index (κ1) is 22.7. The number of carbonyl (C=O) groups is 1. The lowest BCUT2D eigenvalue weighted by molar-refractivity contribution is -0.138. The van der Waals surface area contributed by atoms with E-state index in [2.05, 4.69) is 0 Å². The molecule has 1 aromatic carbocycles. The van der Waals surface area contributed by atoms with Crippen LogP contribution in [0.15, 0.2) is 30.3 Å². The SMILES string of the molecule is CC(C)C[C@H](N)B(O)O.Cl.O=C(O)C1CCCN1c1ccccc1. The number of hydrogen-bond donors (Lipinski definition) is 4. The number of nitrogens with two attached hydrogens (primary N) is 1. The number of carboxylic acids is 1. The van der Waals surface area contributed by atoms with E-state index >= 15 is 0 Å².